The van der Waals surface area contributed by atoms with Crippen LogP contribution >= 0.6 is 11.3 Å². The average molecular weight is 376 g/mol. The Labute approximate surface area is 159 Å². The van der Waals surface area contributed by atoms with Crippen molar-refractivity contribution >= 4 is 33.9 Å². The molecule has 6 heteroatoms. The van der Waals surface area contributed by atoms with Crippen molar-refractivity contribution in [2.24, 2.45) is 0 Å². The number of aromatic nitrogens is 1. The zero-order valence-electron chi connectivity index (χ0n) is 14.8. The van der Waals surface area contributed by atoms with Gasteiger partial charge in [-0.2, -0.15) is 0 Å². The minimum absolute atomic E-state index is 0.257. The number of rotatable bonds is 3. The Bertz CT molecular complexity index is 1210. The minimum Gasteiger partial charge on any atom is -0.423 e. The second-order valence-electron chi connectivity index (χ2n) is 6.22. The van der Waals surface area contributed by atoms with E-state index in [9.17, 15) is 9.59 Å². The maximum Gasteiger partial charge on any atom is 0.336 e. The molecular formula is C21H16N2O3S. The van der Waals surface area contributed by atoms with Gasteiger partial charge in [-0.25, -0.2) is 4.79 Å². The Kier molecular flexibility index (Phi) is 4.33. The Morgan fingerprint density at radius 3 is 2.70 bits per heavy atom. The molecule has 134 valence electrons. The van der Waals surface area contributed by atoms with Crippen LogP contribution in [0.2, 0.25) is 0 Å². The van der Waals surface area contributed by atoms with Crippen LogP contribution < -0.4 is 10.9 Å². The molecule has 0 aliphatic rings. The highest BCUT2D eigenvalue weighted by Crippen LogP contribution is 2.25. The van der Waals surface area contributed by atoms with Gasteiger partial charge in [0.2, 0.25) is 0 Å². The standard InChI is InChI=1S/C21H16N2O3S/c1-12-10-20(24)26-18-11-14(5-6-15(12)18)23-21(25)16-7-8-17(22-13(16)2)19-4-3-9-27-19/h3-11H,1-2H3,(H,23,25). The lowest BCUT2D eigenvalue weighted by molar-refractivity contribution is 0.102. The normalized spacial score (nSPS) is 10.9. The Morgan fingerprint density at radius 1 is 1.11 bits per heavy atom. The zero-order chi connectivity index (χ0) is 19.0. The number of carbonyl (C=O) groups excluding carboxylic acids is 1. The number of hydrogen-bond acceptors (Lipinski definition) is 5. The molecule has 0 saturated carbocycles. The largest absolute Gasteiger partial charge is 0.423 e. The van der Waals surface area contributed by atoms with Gasteiger partial charge in [0.25, 0.3) is 5.91 Å². The van der Waals surface area contributed by atoms with Gasteiger partial charge >= 0.3 is 5.63 Å². The van der Waals surface area contributed by atoms with E-state index in [2.05, 4.69) is 10.3 Å². The molecule has 4 rings (SSSR count). The summed E-state index contributed by atoms with van der Waals surface area (Å²) in [6, 6.07) is 14.3. The number of thiophene rings is 1. The van der Waals surface area contributed by atoms with Crippen LogP contribution in [0, 0.1) is 13.8 Å². The van der Waals surface area contributed by atoms with E-state index in [0.717, 1.165) is 21.5 Å². The van der Waals surface area contributed by atoms with Crippen LogP contribution in [0.25, 0.3) is 21.5 Å². The molecule has 1 N–H and O–H groups in total. The second kappa shape index (κ2) is 6.81. The Hall–Kier alpha value is -3.25. The Balaban J connectivity index is 1.62. The first-order chi connectivity index (χ1) is 13.0. The summed E-state index contributed by atoms with van der Waals surface area (Å²) in [6.07, 6.45) is 0. The number of anilines is 1. The maximum absolute atomic E-state index is 12.7. The number of aryl methyl sites for hydroxylation is 2. The van der Waals surface area contributed by atoms with Crippen molar-refractivity contribution in [3.63, 3.8) is 0 Å². The molecule has 27 heavy (non-hydrogen) atoms. The van der Waals surface area contributed by atoms with Crippen molar-refractivity contribution < 1.29 is 9.21 Å². The molecule has 1 amide bonds. The van der Waals surface area contributed by atoms with Crippen LogP contribution in [0.3, 0.4) is 0 Å². The van der Waals surface area contributed by atoms with Crippen molar-refractivity contribution in [2.75, 3.05) is 5.32 Å². The first-order valence-electron chi connectivity index (χ1n) is 8.38. The van der Waals surface area contributed by atoms with Crippen LogP contribution in [0.4, 0.5) is 5.69 Å². The van der Waals surface area contributed by atoms with Crippen molar-refractivity contribution in [3.05, 3.63) is 81.2 Å². The number of nitrogens with one attached hydrogen (secondary N) is 1. The molecule has 0 bridgehead atoms. The summed E-state index contributed by atoms with van der Waals surface area (Å²) in [7, 11) is 0. The van der Waals surface area contributed by atoms with Gasteiger partial charge in [-0.15, -0.1) is 11.3 Å². The maximum atomic E-state index is 12.7. The number of pyridine rings is 1. The van der Waals surface area contributed by atoms with Gasteiger partial charge in [0.1, 0.15) is 5.58 Å². The highest BCUT2D eigenvalue weighted by molar-refractivity contribution is 7.13. The highest BCUT2D eigenvalue weighted by Gasteiger charge is 2.13. The first kappa shape index (κ1) is 17.2. The molecule has 0 aliphatic heterocycles. The van der Waals surface area contributed by atoms with E-state index >= 15 is 0 Å². The molecule has 3 heterocycles. The lowest BCUT2D eigenvalue weighted by Gasteiger charge is -2.09. The van der Waals surface area contributed by atoms with Gasteiger partial charge in [-0.1, -0.05) is 6.07 Å². The average Bonchev–Trinajstić information content (AvgIpc) is 3.15. The van der Waals surface area contributed by atoms with Gasteiger partial charge in [-0.3, -0.25) is 9.78 Å². The molecule has 4 aromatic rings. The summed E-state index contributed by atoms with van der Waals surface area (Å²) in [6.45, 7) is 3.66. The van der Waals surface area contributed by atoms with Gasteiger partial charge in [0, 0.05) is 23.2 Å². The summed E-state index contributed by atoms with van der Waals surface area (Å²) in [5.41, 5.74) is 3.43. The van der Waals surface area contributed by atoms with Crippen molar-refractivity contribution in [1.29, 1.82) is 0 Å². The molecule has 0 radical (unpaired) electrons. The summed E-state index contributed by atoms with van der Waals surface area (Å²) < 4.78 is 5.23. The van der Waals surface area contributed by atoms with Gasteiger partial charge in [0.15, 0.2) is 0 Å². The SMILES string of the molecule is Cc1nc(-c2cccs2)ccc1C(=O)Nc1ccc2c(C)cc(=O)oc2c1. The predicted molar refractivity (Wildman–Crippen MR) is 107 cm³/mol. The second-order valence-corrected chi connectivity index (χ2v) is 7.17. The van der Waals surface area contributed by atoms with Gasteiger partial charge < -0.3 is 9.73 Å². The number of nitrogens with zero attached hydrogens (tertiary/aromatic N) is 1. The fourth-order valence-corrected chi connectivity index (χ4v) is 3.66. The van der Waals surface area contributed by atoms with E-state index < -0.39 is 5.63 Å². The highest BCUT2D eigenvalue weighted by atomic mass is 32.1. The third-order valence-corrected chi connectivity index (χ3v) is 5.21. The Morgan fingerprint density at radius 2 is 1.96 bits per heavy atom. The third-order valence-electron chi connectivity index (χ3n) is 4.31. The molecule has 0 atom stereocenters. The minimum atomic E-state index is -0.410. The molecule has 5 nitrogen and oxygen atoms in total. The van der Waals surface area contributed by atoms with Crippen molar-refractivity contribution in [3.8, 4) is 10.6 Å². The van der Waals surface area contributed by atoms with Crippen molar-refractivity contribution in [1.82, 2.24) is 4.98 Å². The van der Waals surface area contributed by atoms with Crippen LogP contribution in [0.1, 0.15) is 21.6 Å². The monoisotopic (exact) mass is 376 g/mol. The third kappa shape index (κ3) is 3.39. The molecule has 0 fully saturated rings. The molecule has 1 aromatic carbocycles. The molecule has 0 aliphatic carbocycles. The summed E-state index contributed by atoms with van der Waals surface area (Å²) in [4.78, 5) is 29.8. The van der Waals surface area contributed by atoms with Crippen LogP contribution in [-0.2, 0) is 0 Å². The molecule has 0 unspecified atom stereocenters. The molecule has 3 aromatic heterocycles. The number of hydrogen-bond donors (Lipinski definition) is 1. The topological polar surface area (TPSA) is 72.2 Å². The molecule has 0 saturated heterocycles. The molecular weight excluding hydrogens is 360 g/mol. The van der Waals surface area contributed by atoms with E-state index in [1.54, 1.807) is 29.5 Å². The lowest BCUT2D eigenvalue weighted by atomic mass is 10.1. The lowest BCUT2D eigenvalue weighted by Crippen LogP contribution is -2.14. The number of fused-ring (bicyclic) bond motifs is 1. The quantitative estimate of drug-likeness (QED) is 0.522. The fraction of sp³-hybridized carbons (Fsp3) is 0.0952. The van der Waals surface area contributed by atoms with E-state index in [-0.39, 0.29) is 5.91 Å². The van der Waals surface area contributed by atoms with E-state index in [0.29, 0.717) is 22.5 Å². The number of amides is 1. The van der Waals surface area contributed by atoms with Crippen LogP contribution in [-0.4, -0.2) is 10.9 Å². The fourth-order valence-electron chi connectivity index (χ4n) is 2.96. The van der Waals surface area contributed by atoms with Gasteiger partial charge in [0.05, 0.1) is 21.8 Å². The summed E-state index contributed by atoms with van der Waals surface area (Å²) in [5.74, 6) is -0.257. The molecule has 0 spiro atoms. The van der Waals surface area contributed by atoms with E-state index in [1.807, 2.05) is 43.5 Å². The summed E-state index contributed by atoms with van der Waals surface area (Å²) >= 11 is 1.61. The number of benzene rings is 1. The van der Waals surface area contributed by atoms with E-state index in [1.165, 1.54) is 6.07 Å². The van der Waals surface area contributed by atoms with Crippen LogP contribution in [0.15, 0.2) is 63.1 Å². The number of carbonyl (C=O) groups is 1. The predicted octanol–water partition coefficient (Wildman–Crippen LogP) is 4.79. The van der Waals surface area contributed by atoms with Crippen molar-refractivity contribution in [2.45, 2.75) is 13.8 Å². The first-order valence-corrected chi connectivity index (χ1v) is 9.26. The van der Waals surface area contributed by atoms with Crippen LogP contribution in [0.5, 0.6) is 0 Å². The van der Waals surface area contributed by atoms with Gasteiger partial charge in [-0.05, 0) is 55.1 Å². The van der Waals surface area contributed by atoms with E-state index in [4.69, 9.17) is 4.42 Å². The summed E-state index contributed by atoms with van der Waals surface area (Å²) in [5, 5.41) is 5.68. The smallest absolute Gasteiger partial charge is 0.336 e. The zero-order valence-corrected chi connectivity index (χ0v) is 15.6.